The standard InChI is InChI=1S/C13H18N2O3/c1-9-5-7-10(8-6-9)11(16)14-15-12(17)18-13(2,3)4/h5-8H,1-4H3,(H,14,16)(H,15,17). The van der Waals surface area contributed by atoms with Crippen molar-refractivity contribution in [3.05, 3.63) is 35.4 Å². The van der Waals surface area contributed by atoms with Crippen molar-refractivity contribution in [1.82, 2.24) is 10.9 Å². The molecule has 0 unspecified atom stereocenters. The van der Waals surface area contributed by atoms with Gasteiger partial charge in [-0.1, -0.05) is 17.7 Å². The van der Waals surface area contributed by atoms with Crippen molar-refractivity contribution >= 4 is 12.0 Å². The Morgan fingerprint density at radius 1 is 1.06 bits per heavy atom. The summed E-state index contributed by atoms with van der Waals surface area (Å²) in [7, 11) is 0. The third kappa shape index (κ3) is 4.86. The first-order valence-corrected chi connectivity index (χ1v) is 5.64. The maximum atomic E-state index is 11.6. The van der Waals surface area contributed by atoms with Gasteiger partial charge in [-0.3, -0.25) is 10.2 Å². The largest absolute Gasteiger partial charge is 0.443 e. The van der Waals surface area contributed by atoms with Crippen molar-refractivity contribution in [3.8, 4) is 0 Å². The third-order valence-electron chi connectivity index (χ3n) is 1.99. The van der Waals surface area contributed by atoms with Crippen LogP contribution in [0.2, 0.25) is 0 Å². The lowest BCUT2D eigenvalue weighted by Gasteiger charge is -2.19. The van der Waals surface area contributed by atoms with Gasteiger partial charge in [0.15, 0.2) is 0 Å². The molecule has 0 aliphatic carbocycles. The van der Waals surface area contributed by atoms with Crippen LogP contribution in [0.15, 0.2) is 24.3 Å². The lowest BCUT2D eigenvalue weighted by atomic mass is 10.1. The monoisotopic (exact) mass is 250 g/mol. The molecule has 0 heterocycles. The third-order valence-corrected chi connectivity index (χ3v) is 1.99. The minimum atomic E-state index is -0.692. The SMILES string of the molecule is Cc1ccc(C(=O)NNC(=O)OC(C)(C)C)cc1. The molecular formula is C13H18N2O3. The van der Waals surface area contributed by atoms with Gasteiger partial charge in [0, 0.05) is 5.56 Å². The Labute approximate surface area is 106 Å². The molecule has 0 aliphatic heterocycles. The quantitative estimate of drug-likeness (QED) is 0.750. The van der Waals surface area contributed by atoms with Crippen LogP contribution in [0.25, 0.3) is 0 Å². The van der Waals surface area contributed by atoms with Crippen LogP contribution in [0.1, 0.15) is 36.7 Å². The smallest absolute Gasteiger partial charge is 0.426 e. The lowest BCUT2D eigenvalue weighted by Crippen LogP contribution is -2.44. The topological polar surface area (TPSA) is 67.4 Å². The first-order valence-electron chi connectivity index (χ1n) is 5.64. The molecule has 0 atom stereocenters. The first-order chi connectivity index (χ1) is 8.28. The van der Waals surface area contributed by atoms with Crippen LogP contribution in [0, 0.1) is 6.92 Å². The molecule has 0 radical (unpaired) electrons. The molecule has 0 spiro atoms. The van der Waals surface area contributed by atoms with Gasteiger partial charge >= 0.3 is 6.09 Å². The molecule has 18 heavy (non-hydrogen) atoms. The Bertz CT molecular complexity index is 433. The summed E-state index contributed by atoms with van der Waals surface area (Å²) in [5.41, 5.74) is 5.40. The normalized spacial score (nSPS) is 10.7. The number of benzene rings is 1. The Hall–Kier alpha value is -2.04. The molecule has 0 aliphatic rings. The highest BCUT2D eigenvalue weighted by atomic mass is 16.6. The van der Waals surface area contributed by atoms with E-state index in [1.54, 1.807) is 32.9 Å². The van der Waals surface area contributed by atoms with E-state index in [-0.39, 0.29) is 5.91 Å². The molecule has 2 amide bonds. The molecule has 0 aromatic heterocycles. The van der Waals surface area contributed by atoms with Gasteiger partial charge in [-0.15, -0.1) is 0 Å². The van der Waals surface area contributed by atoms with Crippen molar-refractivity contribution in [2.75, 3.05) is 0 Å². The van der Waals surface area contributed by atoms with E-state index in [9.17, 15) is 9.59 Å². The minimum absolute atomic E-state index is 0.388. The summed E-state index contributed by atoms with van der Waals surface area (Å²) >= 11 is 0. The van der Waals surface area contributed by atoms with E-state index in [4.69, 9.17) is 4.74 Å². The molecule has 1 aromatic rings. The van der Waals surface area contributed by atoms with Gasteiger partial charge in [0.2, 0.25) is 0 Å². The number of rotatable bonds is 1. The van der Waals surface area contributed by atoms with Gasteiger partial charge in [-0.2, -0.15) is 0 Å². The van der Waals surface area contributed by atoms with E-state index < -0.39 is 11.7 Å². The Morgan fingerprint density at radius 3 is 2.11 bits per heavy atom. The van der Waals surface area contributed by atoms with Gasteiger partial charge in [-0.25, -0.2) is 10.2 Å². The summed E-state index contributed by atoms with van der Waals surface area (Å²) in [4.78, 5) is 22.9. The number of hydrazine groups is 1. The number of carbonyl (C=O) groups is 2. The van der Waals surface area contributed by atoms with Crippen molar-refractivity contribution in [3.63, 3.8) is 0 Å². The number of aryl methyl sites for hydroxylation is 1. The zero-order valence-corrected chi connectivity index (χ0v) is 11.0. The van der Waals surface area contributed by atoms with Crippen LogP contribution in [-0.4, -0.2) is 17.6 Å². The van der Waals surface area contributed by atoms with Crippen LogP contribution >= 0.6 is 0 Å². The molecule has 1 rings (SSSR count). The Morgan fingerprint density at radius 2 is 1.61 bits per heavy atom. The van der Waals surface area contributed by atoms with E-state index in [1.165, 1.54) is 0 Å². The van der Waals surface area contributed by atoms with Crippen molar-refractivity contribution < 1.29 is 14.3 Å². The van der Waals surface area contributed by atoms with Crippen molar-refractivity contribution in [1.29, 1.82) is 0 Å². The van der Waals surface area contributed by atoms with E-state index in [1.807, 2.05) is 19.1 Å². The van der Waals surface area contributed by atoms with Crippen molar-refractivity contribution in [2.45, 2.75) is 33.3 Å². The maximum Gasteiger partial charge on any atom is 0.426 e. The summed E-state index contributed by atoms with van der Waals surface area (Å²) in [6, 6.07) is 7.01. The van der Waals surface area contributed by atoms with Crippen LogP contribution in [-0.2, 0) is 4.74 Å². The molecule has 0 fully saturated rings. The van der Waals surface area contributed by atoms with Crippen molar-refractivity contribution in [2.24, 2.45) is 0 Å². The molecule has 1 aromatic carbocycles. The Balaban J connectivity index is 2.47. The maximum absolute atomic E-state index is 11.6. The van der Waals surface area contributed by atoms with Gasteiger partial charge in [0.1, 0.15) is 5.60 Å². The van der Waals surface area contributed by atoms with Crippen LogP contribution in [0.5, 0.6) is 0 Å². The molecule has 0 saturated carbocycles. The summed E-state index contributed by atoms with van der Waals surface area (Å²) in [5, 5.41) is 0. The van der Waals surface area contributed by atoms with Gasteiger partial charge in [-0.05, 0) is 39.8 Å². The van der Waals surface area contributed by atoms with Gasteiger partial charge < -0.3 is 4.74 Å². The summed E-state index contributed by atoms with van der Waals surface area (Å²) < 4.78 is 4.98. The van der Waals surface area contributed by atoms with Crippen LogP contribution in [0.3, 0.4) is 0 Å². The fourth-order valence-electron chi connectivity index (χ4n) is 1.19. The van der Waals surface area contributed by atoms with E-state index in [0.29, 0.717) is 5.56 Å². The second-order valence-corrected chi connectivity index (χ2v) is 4.95. The fourth-order valence-corrected chi connectivity index (χ4v) is 1.19. The zero-order valence-electron chi connectivity index (χ0n) is 11.0. The molecule has 2 N–H and O–H groups in total. The number of hydrogen-bond donors (Lipinski definition) is 2. The van der Waals surface area contributed by atoms with Crippen LogP contribution < -0.4 is 10.9 Å². The highest BCUT2D eigenvalue weighted by Gasteiger charge is 2.16. The lowest BCUT2D eigenvalue weighted by molar-refractivity contribution is 0.0483. The van der Waals surface area contributed by atoms with Crippen LogP contribution in [0.4, 0.5) is 4.79 Å². The average Bonchev–Trinajstić information content (AvgIpc) is 2.24. The highest BCUT2D eigenvalue weighted by Crippen LogP contribution is 2.06. The van der Waals surface area contributed by atoms with E-state index >= 15 is 0 Å². The predicted octanol–water partition coefficient (Wildman–Crippen LogP) is 2.16. The molecule has 0 saturated heterocycles. The molecule has 98 valence electrons. The molecular weight excluding hydrogens is 232 g/mol. The van der Waals surface area contributed by atoms with Gasteiger partial charge in [0.05, 0.1) is 0 Å². The second-order valence-electron chi connectivity index (χ2n) is 4.95. The number of ether oxygens (including phenoxy) is 1. The second kappa shape index (κ2) is 5.53. The minimum Gasteiger partial charge on any atom is -0.443 e. The summed E-state index contributed by atoms with van der Waals surface area (Å²) in [6.45, 7) is 7.16. The molecule has 5 heteroatoms. The fraction of sp³-hybridized carbons (Fsp3) is 0.385. The molecule has 0 bridgehead atoms. The average molecular weight is 250 g/mol. The number of hydrogen-bond acceptors (Lipinski definition) is 3. The zero-order chi connectivity index (χ0) is 13.8. The van der Waals surface area contributed by atoms with E-state index in [0.717, 1.165) is 5.56 Å². The first kappa shape index (κ1) is 14.0. The number of amides is 2. The highest BCUT2D eigenvalue weighted by molar-refractivity contribution is 5.94. The summed E-state index contributed by atoms with van der Waals surface area (Å²) in [6.07, 6.45) is -0.692. The predicted molar refractivity (Wildman–Crippen MR) is 68.0 cm³/mol. The number of carbonyl (C=O) groups excluding carboxylic acids is 2. The number of nitrogens with one attached hydrogen (secondary N) is 2. The van der Waals surface area contributed by atoms with E-state index in [2.05, 4.69) is 10.9 Å². The van der Waals surface area contributed by atoms with Gasteiger partial charge in [0.25, 0.3) is 5.91 Å². The molecule has 5 nitrogen and oxygen atoms in total. The summed E-state index contributed by atoms with van der Waals surface area (Å²) in [5.74, 6) is -0.388. The Kier molecular flexibility index (Phi) is 4.31.